The van der Waals surface area contributed by atoms with E-state index in [2.05, 4.69) is 11.1 Å². The molecule has 2 aromatic carbocycles. The van der Waals surface area contributed by atoms with Crippen LogP contribution in [0.2, 0.25) is 0 Å². The summed E-state index contributed by atoms with van der Waals surface area (Å²) in [5.74, 6) is -0.383. The third-order valence-electron chi connectivity index (χ3n) is 4.27. The molecule has 0 bridgehead atoms. The van der Waals surface area contributed by atoms with Crippen molar-refractivity contribution in [1.29, 1.82) is 10.7 Å². The summed E-state index contributed by atoms with van der Waals surface area (Å²) in [6.45, 7) is 4.03. The zero-order valence-electron chi connectivity index (χ0n) is 15.3. The van der Waals surface area contributed by atoms with Crippen molar-refractivity contribution in [3.63, 3.8) is 0 Å². The minimum Gasteiger partial charge on any atom is -0.486 e. The molecule has 3 rings (SSSR count). The quantitative estimate of drug-likeness (QED) is 0.606. The Labute approximate surface area is 157 Å². The number of nitrogens with one attached hydrogen (secondary N) is 1. The number of ether oxygens (including phenoxy) is 1. The summed E-state index contributed by atoms with van der Waals surface area (Å²) in [4.78, 5) is 4.48. The average molecular weight is 361 g/mol. The Hall–Kier alpha value is -3.26. The van der Waals surface area contributed by atoms with Crippen LogP contribution in [0.15, 0.2) is 42.5 Å². The lowest BCUT2D eigenvalue weighted by atomic mass is 10.0. The lowest BCUT2D eigenvalue weighted by Crippen LogP contribution is -2.03. The number of pyridine rings is 1. The molecule has 0 atom stereocenters. The number of nitriles is 1. The van der Waals surface area contributed by atoms with Gasteiger partial charge in [0.15, 0.2) is 11.6 Å². The Morgan fingerprint density at radius 3 is 2.81 bits per heavy atom. The van der Waals surface area contributed by atoms with E-state index in [1.165, 1.54) is 6.07 Å². The van der Waals surface area contributed by atoms with E-state index in [-0.39, 0.29) is 12.4 Å². The lowest BCUT2D eigenvalue weighted by molar-refractivity contribution is 0.291. The summed E-state index contributed by atoms with van der Waals surface area (Å²) >= 11 is 0. The van der Waals surface area contributed by atoms with Crippen LogP contribution in [0.3, 0.4) is 0 Å². The SMILES string of the molecule is CCCC(=N)c1cc(C)nc2cc(OCc3cccc(C#N)c3)c(F)cc12. The number of halogens is 1. The van der Waals surface area contributed by atoms with Gasteiger partial charge in [0.25, 0.3) is 0 Å². The molecule has 0 spiro atoms. The molecule has 0 amide bonds. The van der Waals surface area contributed by atoms with E-state index < -0.39 is 5.82 Å². The second-order valence-electron chi connectivity index (χ2n) is 6.44. The van der Waals surface area contributed by atoms with Crippen molar-refractivity contribution in [2.45, 2.75) is 33.3 Å². The molecule has 1 N–H and O–H groups in total. The van der Waals surface area contributed by atoms with Crippen LogP contribution in [0.4, 0.5) is 4.39 Å². The Morgan fingerprint density at radius 1 is 1.26 bits per heavy atom. The maximum absolute atomic E-state index is 14.6. The number of nitrogens with zero attached hydrogens (tertiary/aromatic N) is 2. The smallest absolute Gasteiger partial charge is 0.165 e. The van der Waals surface area contributed by atoms with Gasteiger partial charge < -0.3 is 10.1 Å². The van der Waals surface area contributed by atoms with Gasteiger partial charge in [-0.15, -0.1) is 0 Å². The monoisotopic (exact) mass is 361 g/mol. The zero-order valence-corrected chi connectivity index (χ0v) is 15.3. The van der Waals surface area contributed by atoms with Crippen molar-refractivity contribution < 1.29 is 9.13 Å². The minimum atomic E-state index is -0.491. The first-order valence-corrected chi connectivity index (χ1v) is 8.82. The molecule has 0 unspecified atom stereocenters. The highest BCUT2D eigenvalue weighted by atomic mass is 19.1. The second-order valence-corrected chi connectivity index (χ2v) is 6.44. The first kappa shape index (κ1) is 18.5. The third kappa shape index (κ3) is 4.12. The van der Waals surface area contributed by atoms with Crippen molar-refractivity contribution in [3.05, 3.63) is 70.7 Å². The fourth-order valence-corrected chi connectivity index (χ4v) is 3.00. The summed E-state index contributed by atoms with van der Waals surface area (Å²) < 4.78 is 20.3. The molecule has 0 aliphatic carbocycles. The highest BCUT2D eigenvalue weighted by molar-refractivity contribution is 6.08. The van der Waals surface area contributed by atoms with E-state index in [0.717, 1.165) is 17.7 Å². The van der Waals surface area contributed by atoms with Crippen LogP contribution in [0.25, 0.3) is 10.9 Å². The predicted octanol–water partition coefficient (Wildman–Crippen LogP) is 5.30. The highest BCUT2D eigenvalue weighted by Crippen LogP contribution is 2.28. The molecule has 136 valence electrons. The molecule has 27 heavy (non-hydrogen) atoms. The number of benzene rings is 2. The molecule has 4 nitrogen and oxygen atoms in total. The Kier molecular flexibility index (Phi) is 5.46. The fourth-order valence-electron chi connectivity index (χ4n) is 3.00. The molecule has 1 heterocycles. The van der Waals surface area contributed by atoms with E-state index in [1.807, 2.05) is 26.0 Å². The van der Waals surface area contributed by atoms with Crippen molar-refractivity contribution in [2.75, 3.05) is 0 Å². The predicted molar refractivity (Wildman–Crippen MR) is 104 cm³/mol. The van der Waals surface area contributed by atoms with E-state index in [0.29, 0.717) is 34.2 Å². The van der Waals surface area contributed by atoms with Crippen LogP contribution in [0.1, 0.15) is 42.1 Å². The van der Waals surface area contributed by atoms with Gasteiger partial charge >= 0.3 is 0 Å². The van der Waals surface area contributed by atoms with Crippen molar-refractivity contribution in [3.8, 4) is 11.8 Å². The minimum absolute atomic E-state index is 0.107. The van der Waals surface area contributed by atoms with Gasteiger partial charge in [-0.3, -0.25) is 4.98 Å². The van der Waals surface area contributed by atoms with Crippen LogP contribution in [-0.2, 0) is 6.61 Å². The normalized spacial score (nSPS) is 10.6. The molecular formula is C22H20FN3O. The molecule has 0 radical (unpaired) electrons. The van der Waals surface area contributed by atoms with Gasteiger partial charge in [-0.2, -0.15) is 5.26 Å². The Balaban J connectivity index is 1.94. The van der Waals surface area contributed by atoms with E-state index in [4.69, 9.17) is 15.4 Å². The van der Waals surface area contributed by atoms with Gasteiger partial charge in [-0.05, 0) is 43.2 Å². The van der Waals surface area contributed by atoms with Gasteiger partial charge in [0.2, 0.25) is 0 Å². The molecule has 0 aliphatic heterocycles. The number of fused-ring (bicyclic) bond motifs is 1. The molecule has 0 aliphatic rings. The van der Waals surface area contributed by atoms with Crippen molar-refractivity contribution in [1.82, 2.24) is 4.98 Å². The highest BCUT2D eigenvalue weighted by Gasteiger charge is 2.13. The standard InChI is InChI=1S/C22H20FN3O/c1-3-5-20(25)17-8-14(2)26-21-11-22(19(23)10-18(17)21)27-13-16-7-4-6-15(9-16)12-24/h4,6-11,25H,3,5,13H2,1-2H3. The molecule has 1 aromatic heterocycles. The summed E-state index contributed by atoms with van der Waals surface area (Å²) in [6, 6.07) is 13.9. The van der Waals surface area contributed by atoms with E-state index in [9.17, 15) is 4.39 Å². The number of hydrogen-bond acceptors (Lipinski definition) is 4. The molecule has 5 heteroatoms. The summed E-state index contributed by atoms with van der Waals surface area (Å²) in [6.07, 6.45) is 1.49. The van der Waals surface area contributed by atoms with Gasteiger partial charge in [-0.25, -0.2) is 4.39 Å². The van der Waals surface area contributed by atoms with E-state index >= 15 is 0 Å². The number of aromatic nitrogens is 1. The summed E-state index contributed by atoms with van der Waals surface area (Å²) in [7, 11) is 0. The van der Waals surface area contributed by atoms with Crippen LogP contribution >= 0.6 is 0 Å². The van der Waals surface area contributed by atoms with Crippen LogP contribution in [-0.4, -0.2) is 10.7 Å². The maximum Gasteiger partial charge on any atom is 0.165 e. The zero-order chi connectivity index (χ0) is 19.4. The summed E-state index contributed by atoms with van der Waals surface area (Å²) in [5.41, 5.74) is 3.90. The first-order chi connectivity index (χ1) is 13.0. The lowest BCUT2D eigenvalue weighted by Gasteiger charge is -2.12. The number of rotatable bonds is 6. The van der Waals surface area contributed by atoms with E-state index in [1.54, 1.807) is 24.3 Å². The largest absolute Gasteiger partial charge is 0.486 e. The second kappa shape index (κ2) is 7.96. The molecular weight excluding hydrogens is 341 g/mol. The summed E-state index contributed by atoms with van der Waals surface area (Å²) in [5, 5.41) is 17.8. The topological polar surface area (TPSA) is 69.8 Å². The fraction of sp³-hybridized carbons (Fsp3) is 0.227. The average Bonchev–Trinajstić information content (AvgIpc) is 2.66. The van der Waals surface area contributed by atoms with Crippen molar-refractivity contribution >= 4 is 16.6 Å². The van der Waals surface area contributed by atoms with Gasteiger partial charge in [0.05, 0.1) is 17.1 Å². The van der Waals surface area contributed by atoms with Crippen LogP contribution in [0, 0.1) is 29.5 Å². The number of aryl methyl sites for hydroxylation is 1. The molecule has 0 saturated heterocycles. The maximum atomic E-state index is 14.6. The third-order valence-corrected chi connectivity index (χ3v) is 4.27. The van der Waals surface area contributed by atoms with Gasteiger partial charge in [-0.1, -0.05) is 25.5 Å². The Bertz CT molecular complexity index is 1050. The van der Waals surface area contributed by atoms with Crippen molar-refractivity contribution in [2.24, 2.45) is 0 Å². The van der Waals surface area contributed by atoms with Gasteiger partial charge in [0.1, 0.15) is 6.61 Å². The first-order valence-electron chi connectivity index (χ1n) is 8.82. The van der Waals surface area contributed by atoms with Crippen LogP contribution < -0.4 is 4.74 Å². The molecule has 3 aromatic rings. The van der Waals surface area contributed by atoms with Crippen LogP contribution in [0.5, 0.6) is 5.75 Å². The molecule has 0 fully saturated rings. The molecule has 0 saturated carbocycles. The Morgan fingerprint density at radius 2 is 2.07 bits per heavy atom. The van der Waals surface area contributed by atoms with Gasteiger partial charge in [0, 0.05) is 28.4 Å². The number of hydrogen-bond donors (Lipinski definition) is 1.